The molecule has 1 atom stereocenters. The first-order chi connectivity index (χ1) is 9.69. The minimum absolute atomic E-state index is 0.251. The first-order valence-electron chi connectivity index (χ1n) is 5.94. The van der Waals surface area contributed by atoms with Gasteiger partial charge < -0.3 is 15.0 Å². The maximum Gasteiger partial charge on any atom is 0.333 e. The van der Waals surface area contributed by atoms with Gasteiger partial charge in [-0.2, -0.15) is 4.79 Å². The first kappa shape index (κ1) is 15.3. The van der Waals surface area contributed by atoms with Crippen LogP contribution in [0.1, 0.15) is 18.6 Å². The summed E-state index contributed by atoms with van der Waals surface area (Å²) in [5.74, 6) is -1.12. The van der Waals surface area contributed by atoms with E-state index in [4.69, 9.17) is 10.3 Å². The molecule has 0 unspecified atom stereocenters. The highest BCUT2D eigenvalue weighted by molar-refractivity contribution is 6.27. The third kappa shape index (κ3) is 4.88. The van der Waals surface area contributed by atoms with Gasteiger partial charge in [-0.25, -0.2) is 4.79 Å². The quantitative estimate of drug-likeness (QED) is 0.189. The molecule has 0 saturated carbocycles. The molecule has 1 aromatic rings. The number of hydrogen-bond donors (Lipinski definition) is 0. The van der Waals surface area contributed by atoms with Gasteiger partial charge in [0.05, 0.1) is 18.9 Å². The lowest BCUT2D eigenvalue weighted by atomic mass is 10.1. The molecule has 0 bridgehead atoms. The second-order valence-corrected chi connectivity index (χ2v) is 3.63. The zero-order valence-corrected chi connectivity index (χ0v) is 10.9. The van der Waals surface area contributed by atoms with Crippen LogP contribution >= 0.6 is 0 Å². The third-order valence-electron chi connectivity index (χ3n) is 2.25. The van der Waals surface area contributed by atoms with Gasteiger partial charge in [0.15, 0.2) is 6.10 Å². The average molecular weight is 274 g/mol. The topological polar surface area (TPSA) is 89.0 Å². The van der Waals surface area contributed by atoms with Crippen LogP contribution < -0.4 is 0 Å². The van der Waals surface area contributed by atoms with E-state index < -0.39 is 17.9 Å². The normalized spacial score (nSPS) is 11.4. The van der Waals surface area contributed by atoms with Crippen LogP contribution in [0.5, 0.6) is 0 Å². The van der Waals surface area contributed by atoms with E-state index in [1.807, 2.05) is 0 Å². The highest BCUT2D eigenvalue weighted by atomic mass is 16.5. The van der Waals surface area contributed by atoms with Crippen molar-refractivity contribution >= 4 is 18.0 Å². The minimum Gasteiger partial charge on any atom is -0.485 e. The number of rotatable bonds is 7. The predicted octanol–water partition coefficient (Wildman–Crippen LogP) is 1.69. The van der Waals surface area contributed by atoms with Crippen molar-refractivity contribution < 1.29 is 23.9 Å². The molecule has 0 aliphatic heterocycles. The molecule has 0 saturated heterocycles. The number of ketones is 1. The molecule has 0 N–H and O–H groups in total. The Morgan fingerprint density at radius 3 is 2.65 bits per heavy atom. The number of carbonyl (C=O) groups is 2. The number of benzene rings is 1. The zero-order valence-electron chi connectivity index (χ0n) is 10.9. The van der Waals surface area contributed by atoms with E-state index in [1.165, 1.54) is 0 Å². The summed E-state index contributed by atoms with van der Waals surface area (Å²) in [6.45, 7) is 1.93. The second kappa shape index (κ2) is 8.39. The molecule has 0 amide bonds. The standard InChI is InChI=1S/C14H14N2O4/c1-2-19-13(18)8-9-20-14(12(17)10-16-15)11-6-4-3-5-7-11/h3-10,14H,2H2,1H3/b9-8+/t14-/m0/s1. The smallest absolute Gasteiger partial charge is 0.333 e. The Kier molecular flexibility index (Phi) is 6.44. The molecule has 0 radical (unpaired) electrons. The van der Waals surface area contributed by atoms with E-state index in [-0.39, 0.29) is 6.61 Å². The molecule has 0 aromatic heterocycles. The van der Waals surface area contributed by atoms with Crippen LogP contribution in [0.25, 0.3) is 5.53 Å². The lowest BCUT2D eigenvalue weighted by Gasteiger charge is -2.11. The number of ether oxygens (including phenoxy) is 2. The van der Waals surface area contributed by atoms with E-state index >= 15 is 0 Å². The van der Waals surface area contributed by atoms with Gasteiger partial charge in [-0.05, 0) is 6.92 Å². The summed E-state index contributed by atoms with van der Waals surface area (Å²) in [7, 11) is 0. The lowest BCUT2D eigenvalue weighted by molar-refractivity contribution is -0.137. The first-order valence-corrected chi connectivity index (χ1v) is 5.94. The molecule has 0 heterocycles. The van der Waals surface area contributed by atoms with Gasteiger partial charge in [-0.1, -0.05) is 30.3 Å². The van der Waals surface area contributed by atoms with E-state index in [2.05, 4.69) is 9.53 Å². The van der Waals surface area contributed by atoms with Gasteiger partial charge in [-0.15, -0.1) is 0 Å². The average Bonchev–Trinajstić information content (AvgIpc) is 2.45. The molecular formula is C14H14N2O4. The van der Waals surface area contributed by atoms with Gasteiger partial charge in [0.1, 0.15) is 0 Å². The van der Waals surface area contributed by atoms with Crippen LogP contribution in [0.15, 0.2) is 42.7 Å². The molecular weight excluding hydrogens is 260 g/mol. The van der Waals surface area contributed by atoms with Crippen LogP contribution in [0.2, 0.25) is 0 Å². The number of nitrogens with zero attached hydrogens (tertiary/aromatic N) is 2. The molecule has 0 aliphatic rings. The Bertz CT molecular complexity index is 533. The minimum atomic E-state index is -0.988. The van der Waals surface area contributed by atoms with Gasteiger partial charge in [0, 0.05) is 5.56 Å². The Balaban J connectivity index is 2.82. The van der Waals surface area contributed by atoms with Gasteiger partial charge in [0.2, 0.25) is 0 Å². The molecule has 1 aromatic carbocycles. The van der Waals surface area contributed by atoms with Crippen LogP contribution in [0, 0.1) is 0 Å². The largest absolute Gasteiger partial charge is 0.485 e. The van der Waals surface area contributed by atoms with E-state index in [0.29, 0.717) is 5.56 Å². The fraction of sp³-hybridized carbons (Fsp3) is 0.214. The SMILES string of the molecule is CCOC(=O)/C=C/O[C@H](C(=O)C=[N+]=[N-])c1ccccc1. The van der Waals surface area contributed by atoms with Crippen LogP contribution in [0.4, 0.5) is 0 Å². The fourth-order valence-corrected chi connectivity index (χ4v) is 1.43. The molecule has 104 valence electrons. The maximum absolute atomic E-state index is 11.8. The van der Waals surface area contributed by atoms with Crippen molar-refractivity contribution in [2.45, 2.75) is 13.0 Å². The van der Waals surface area contributed by atoms with Crippen molar-refractivity contribution in [1.29, 1.82) is 0 Å². The summed E-state index contributed by atoms with van der Waals surface area (Å²) in [5.41, 5.74) is 8.99. The monoisotopic (exact) mass is 274 g/mol. The van der Waals surface area contributed by atoms with Crippen LogP contribution in [0.3, 0.4) is 0 Å². The summed E-state index contributed by atoms with van der Waals surface area (Å²) in [5, 5.41) is 0. The predicted molar refractivity (Wildman–Crippen MR) is 70.7 cm³/mol. The van der Waals surface area contributed by atoms with Crippen molar-refractivity contribution in [3.05, 3.63) is 53.8 Å². The van der Waals surface area contributed by atoms with Gasteiger partial charge >= 0.3 is 12.2 Å². The Hall–Kier alpha value is -2.72. The van der Waals surface area contributed by atoms with Crippen molar-refractivity contribution in [3.63, 3.8) is 0 Å². The van der Waals surface area contributed by atoms with Gasteiger partial charge in [0.25, 0.3) is 5.78 Å². The Morgan fingerprint density at radius 1 is 1.35 bits per heavy atom. The zero-order chi connectivity index (χ0) is 14.8. The number of carbonyl (C=O) groups excluding carboxylic acids is 2. The van der Waals surface area contributed by atoms with Crippen molar-refractivity contribution in [2.75, 3.05) is 6.61 Å². The summed E-state index contributed by atoms with van der Waals surface area (Å²) in [4.78, 5) is 25.6. The molecule has 6 heteroatoms. The molecule has 20 heavy (non-hydrogen) atoms. The summed E-state index contributed by atoms with van der Waals surface area (Å²) in [6, 6.07) is 8.64. The van der Waals surface area contributed by atoms with E-state index in [0.717, 1.165) is 18.6 Å². The number of esters is 1. The maximum atomic E-state index is 11.8. The Morgan fingerprint density at radius 2 is 2.05 bits per heavy atom. The Labute approximate surface area is 116 Å². The molecule has 0 spiro atoms. The summed E-state index contributed by atoms with van der Waals surface area (Å²) in [6.07, 6.45) is 1.91. The summed E-state index contributed by atoms with van der Waals surface area (Å²) >= 11 is 0. The van der Waals surface area contributed by atoms with Gasteiger partial charge in [-0.3, -0.25) is 4.79 Å². The van der Waals surface area contributed by atoms with Crippen LogP contribution in [-0.4, -0.2) is 29.4 Å². The summed E-state index contributed by atoms with van der Waals surface area (Å²) < 4.78 is 9.91. The highest BCUT2D eigenvalue weighted by Crippen LogP contribution is 2.17. The van der Waals surface area contributed by atoms with Crippen LogP contribution in [-0.2, 0) is 19.1 Å². The van der Waals surface area contributed by atoms with Crippen molar-refractivity contribution in [2.24, 2.45) is 0 Å². The number of hydrogen-bond acceptors (Lipinski definition) is 4. The molecule has 1 rings (SSSR count). The van der Waals surface area contributed by atoms with E-state index in [1.54, 1.807) is 37.3 Å². The van der Waals surface area contributed by atoms with Crippen molar-refractivity contribution in [1.82, 2.24) is 0 Å². The highest BCUT2D eigenvalue weighted by Gasteiger charge is 2.22. The molecule has 0 fully saturated rings. The van der Waals surface area contributed by atoms with Crippen molar-refractivity contribution in [3.8, 4) is 0 Å². The fourth-order valence-electron chi connectivity index (χ4n) is 1.43. The molecule has 0 aliphatic carbocycles. The second-order valence-electron chi connectivity index (χ2n) is 3.63. The number of Topliss-reactive ketones (excluding diaryl/α,β-unsaturated/α-hetero) is 1. The molecule has 6 nitrogen and oxygen atoms in total. The lowest BCUT2D eigenvalue weighted by Crippen LogP contribution is -2.15. The van der Waals surface area contributed by atoms with E-state index in [9.17, 15) is 9.59 Å². The third-order valence-corrected chi connectivity index (χ3v) is 2.25.